The van der Waals surface area contributed by atoms with Crippen molar-refractivity contribution in [1.82, 2.24) is 0 Å². The van der Waals surface area contributed by atoms with Gasteiger partial charge < -0.3 is 0 Å². The Labute approximate surface area is 110 Å². The Hall–Kier alpha value is -0.195. The highest BCUT2D eigenvalue weighted by Gasteiger charge is 2.25. The molecule has 1 fully saturated rings. The van der Waals surface area contributed by atoms with Gasteiger partial charge in [-0.25, -0.2) is 0 Å². The molecule has 0 nitrogen and oxygen atoms in total. The topological polar surface area (TPSA) is 0 Å². The molecule has 17 heavy (non-hydrogen) atoms. The van der Waals surface area contributed by atoms with Gasteiger partial charge >= 0.3 is 0 Å². The van der Waals surface area contributed by atoms with Crippen molar-refractivity contribution in [2.24, 2.45) is 10.8 Å². The van der Waals surface area contributed by atoms with Crippen molar-refractivity contribution < 1.29 is 0 Å². The molecule has 0 bridgehead atoms. The van der Waals surface area contributed by atoms with Gasteiger partial charge in [0.1, 0.15) is 7.85 Å². The third kappa shape index (κ3) is 5.79. The van der Waals surface area contributed by atoms with E-state index < -0.39 is 0 Å². The summed E-state index contributed by atoms with van der Waals surface area (Å²) in [6.45, 7) is 7.24. The monoisotopic (exact) mass is 232 g/mol. The molecule has 0 aromatic heterocycles. The fraction of sp³-hybridized carbons (Fsp3) is 0.875. The van der Waals surface area contributed by atoms with Crippen LogP contribution in [0.25, 0.3) is 0 Å². The normalized spacial score (nSPS) is 32.2. The van der Waals surface area contributed by atoms with Crippen LogP contribution in [0.3, 0.4) is 0 Å². The van der Waals surface area contributed by atoms with E-state index in [-0.39, 0.29) is 0 Å². The van der Waals surface area contributed by atoms with Gasteiger partial charge in [-0.2, -0.15) is 0 Å². The zero-order valence-corrected chi connectivity index (χ0v) is 12.1. The van der Waals surface area contributed by atoms with Gasteiger partial charge in [-0.3, -0.25) is 0 Å². The fourth-order valence-corrected chi connectivity index (χ4v) is 2.94. The first-order chi connectivity index (χ1) is 7.97. The minimum Gasteiger partial charge on any atom is -0.135 e. The molecule has 1 aliphatic carbocycles. The summed E-state index contributed by atoms with van der Waals surface area (Å²) in [6, 6.07) is 0. The van der Waals surface area contributed by atoms with Crippen molar-refractivity contribution in [3.05, 3.63) is 12.1 Å². The number of allylic oxidation sites excluding steroid dienone is 1. The van der Waals surface area contributed by atoms with Gasteiger partial charge in [-0.05, 0) is 36.5 Å². The average molecular weight is 232 g/mol. The molecule has 1 saturated carbocycles. The molecule has 1 aliphatic rings. The summed E-state index contributed by atoms with van der Waals surface area (Å²) in [6.07, 6.45) is 14.5. The van der Waals surface area contributed by atoms with Crippen LogP contribution >= 0.6 is 0 Å². The van der Waals surface area contributed by atoms with Crippen molar-refractivity contribution in [2.45, 2.75) is 78.6 Å². The molecular weight excluding hydrogens is 203 g/mol. The molecule has 0 N–H and O–H groups in total. The molecule has 0 amide bonds. The summed E-state index contributed by atoms with van der Waals surface area (Å²) in [5.41, 5.74) is 0.838. The Morgan fingerprint density at radius 2 is 1.35 bits per heavy atom. The van der Waals surface area contributed by atoms with Crippen molar-refractivity contribution in [3.8, 4) is 0 Å². The molecule has 96 valence electrons. The van der Waals surface area contributed by atoms with Crippen LogP contribution in [-0.2, 0) is 0 Å². The van der Waals surface area contributed by atoms with Crippen LogP contribution in [0.15, 0.2) is 12.1 Å². The molecule has 2 radical (unpaired) electrons. The lowest BCUT2D eigenvalue weighted by Crippen LogP contribution is -2.19. The van der Waals surface area contributed by atoms with Crippen molar-refractivity contribution >= 4 is 7.85 Å². The highest BCUT2D eigenvalue weighted by Crippen LogP contribution is 2.39. The van der Waals surface area contributed by atoms with Crippen molar-refractivity contribution in [1.29, 1.82) is 0 Å². The van der Waals surface area contributed by atoms with Crippen molar-refractivity contribution in [3.63, 3.8) is 0 Å². The first kappa shape index (κ1) is 14.9. The summed E-state index contributed by atoms with van der Waals surface area (Å²) in [5, 5.41) is 0. The van der Waals surface area contributed by atoms with E-state index in [4.69, 9.17) is 7.85 Å². The molecule has 0 aliphatic heterocycles. The number of hydrogen-bond acceptors (Lipinski definition) is 0. The zero-order chi connectivity index (χ0) is 12.8. The van der Waals surface area contributed by atoms with E-state index in [9.17, 15) is 0 Å². The molecule has 0 spiro atoms. The van der Waals surface area contributed by atoms with E-state index in [1.165, 1.54) is 57.8 Å². The minimum absolute atomic E-state index is 0.330. The summed E-state index contributed by atoms with van der Waals surface area (Å²) in [4.78, 5) is 0. The Morgan fingerprint density at radius 3 is 2.00 bits per heavy atom. The minimum atomic E-state index is 0.330. The fourth-order valence-electron chi connectivity index (χ4n) is 2.94. The van der Waals surface area contributed by atoms with Crippen LogP contribution in [0.4, 0.5) is 0 Å². The van der Waals surface area contributed by atoms with Gasteiger partial charge in [0, 0.05) is 0 Å². The molecule has 0 heterocycles. The molecule has 0 aromatic carbocycles. The van der Waals surface area contributed by atoms with E-state index in [0.717, 1.165) is 0 Å². The van der Waals surface area contributed by atoms with Gasteiger partial charge in [0.15, 0.2) is 0 Å². The van der Waals surface area contributed by atoms with Crippen LogP contribution in [0.2, 0.25) is 0 Å². The van der Waals surface area contributed by atoms with Gasteiger partial charge in [0.05, 0.1) is 0 Å². The summed E-state index contributed by atoms with van der Waals surface area (Å²) in [7, 11) is 5.62. The predicted octanol–water partition coefficient (Wildman–Crippen LogP) is 5.23. The second kappa shape index (κ2) is 6.66. The van der Waals surface area contributed by atoms with Crippen LogP contribution in [0, 0.1) is 10.8 Å². The maximum atomic E-state index is 5.62. The lowest BCUT2D eigenvalue weighted by Gasteiger charge is -2.32. The third-order valence-electron chi connectivity index (χ3n) is 4.47. The zero-order valence-electron chi connectivity index (χ0n) is 12.1. The average Bonchev–Trinajstić information content (AvgIpc) is 2.28. The quantitative estimate of drug-likeness (QED) is 0.543. The Morgan fingerprint density at radius 1 is 0.765 bits per heavy atom. The van der Waals surface area contributed by atoms with Gasteiger partial charge in [0.25, 0.3) is 0 Å². The second-order valence-electron chi connectivity index (χ2n) is 6.95. The molecule has 1 unspecified atom stereocenters. The molecule has 1 atom stereocenters. The molecule has 0 saturated heterocycles. The lowest BCUT2D eigenvalue weighted by atomic mass is 9.73. The van der Waals surface area contributed by atoms with Gasteiger partial charge in [-0.1, -0.05) is 59.0 Å². The standard InChI is InChI=1S/C16H29B/c1-15(2)9-7-5-4-6-8-10-16(3,12-11-15)13-14-17/h13-14H,4-12H2,1-3H3/b14-13+. The molecule has 1 rings (SSSR count). The molecular formula is C16H29B. The van der Waals surface area contributed by atoms with Gasteiger partial charge in [-0.15, -0.1) is 5.98 Å². The largest absolute Gasteiger partial charge is 0.135 e. The highest BCUT2D eigenvalue weighted by atomic mass is 14.3. The van der Waals surface area contributed by atoms with Crippen molar-refractivity contribution in [2.75, 3.05) is 0 Å². The predicted molar refractivity (Wildman–Crippen MR) is 78.3 cm³/mol. The lowest BCUT2D eigenvalue weighted by molar-refractivity contribution is 0.236. The second-order valence-corrected chi connectivity index (χ2v) is 6.95. The maximum absolute atomic E-state index is 5.62. The first-order valence-electron chi connectivity index (χ1n) is 7.37. The number of hydrogen-bond donors (Lipinski definition) is 0. The van der Waals surface area contributed by atoms with E-state index in [2.05, 4.69) is 26.8 Å². The van der Waals surface area contributed by atoms with E-state index >= 15 is 0 Å². The van der Waals surface area contributed by atoms with E-state index in [1.54, 1.807) is 5.98 Å². The Bertz CT molecular complexity index is 242. The maximum Gasteiger partial charge on any atom is 0.102 e. The summed E-state index contributed by atoms with van der Waals surface area (Å²) >= 11 is 0. The van der Waals surface area contributed by atoms with Crippen LogP contribution < -0.4 is 0 Å². The Kier molecular flexibility index (Phi) is 5.82. The number of rotatable bonds is 1. The SMILES string of the molecule is [B]/C=C/C1(C)CCCCCCCC(C)(C)CC1. The van der Waals surface area contributed by atoms with Gasteiger partial charge in [0.2, 0.25) is 0 Å². The highest BCUT2D eigenvalue weighted by molar-refractivity contribution is 6.17. The molecule has 1 heteroatoms. The van der Waals surface area contributed by atoms with Crippen LogP contribution in [0.1, 0.15) is 78.6 Å². The Balaban J connectivity index is 2.65. The summed E-state index contributed by atoms with van der Waals surface area (Å²) in [5.74, 6) is 1.76. The van der Waals surface area contributed by atoms with Crippen LogP contribution in [-0.4, -0.2) is 7.85 Å². The van der Waals surface area contributed by atoms with E-state index in [0.29, 0.717) is 10.8 Å². The first-order valence-corrected chi connectivity index (χ1v) is 7.37. The van der Waals surface area contributed by atoms with Crippen LogP contribution in [0.5, 0.6) is 0 Å². The third-order valence-corrected chi connectivity index (χ3v) is 4.47. The summed E-state index contributed by atoms with van der Waals surface area (Å²) < 4.78 is 0. The smallest absolute Gasteiger partial charge is 0.102 e. The molecule has 0 aromatic rings. The van der Waals surface area contributed by atoms with E-state index in [1.807, 2.05) is 0 Å².